The SMILES string of the molecule is O=C(Nc1ccccc1OCCO)NS(=O)(=O)c1c2csc1OCO2. The van der Waals surface area contributed by atoms with E-state index in [9.17, 15) is 13.2 Å². The van der Waals surface area contributed by atoms with Crippen LogP contribution >= 0.6 is 11.3 Å². The van der Waals surface area contributed by atoms with Gasteiger partial charge in [0, 0.05) is 5.38 Å². The molecule has 0 spiro atoms. The number of fused-ring (bicyclic) bond motifs is 2. The first-order valence-corrected chi connectivity index (χ1v) is 9.41. The van der Waals surface area contributed by atoms with Gasteiger partial charge in [0.1, 0.15) is 12.4 Å². The van der Waals surface area contributed by atoms with Gasteiger partial charge < -0.3 is 24.6 Å². The summed E-state index contributed by atoms with van der Waals surface area (Å²) in [5.74, 6) is 0.437. The Morgan fingerprint density at radius 2 is 2.12 bits per heavy atom. The van der Waals surface area contributed by atoms with E-state index in [1.807, 2.05) is 4.72 Å². The van der Waals surface area contributed by atoms with Crippen LogP contribution in [0.25, 0.3) is 0 Å². The third-order valence-corrected chi connectivity index (χ3v) is 5.44. The Morgan fingerprint density at radius 3 is 2.88 bits per heavy atom. The van der Waals surface area contributed by atoms with Gasteiger partial charge in [0.05, 0.1) is 12.3 Å². The molecule has 2 bridgehead atoms. The number of ether oxygens (including phenoxy) is 3. The molecule has 0 saturated heterocycles. The van der Waals surface area contributed by atoms with Crippen molar-refractivity contribution in [1.82, 2.24) is 4.72 Å². The van der Waals surface area contributed by atoms with Crippen molar-refractivity contribution >= 4 is 33.1 Å². The topological polar surface area (TPSA) is 123 Å². The second kappa shape index (κ2) is 7.17. The van der Waals surface area contributed by atoms with Gasteiger partial charge in [-0.15, -0.1) is 11.3 Å². The molecule has 0 saturated carbocycles. The highest BCUT2D eigenvalue weighted by Gasteiger charge is 2.32. The maximum atomic E-state index is 12.4. The Morgan fingerprint density at radius 1 is 1.32 bits per heavy atom. The molecule has 3 N–H and O–H groups in total. The first kappa shape index (κ1) is 17.3. The molecule has 1 aromatic heterocycles. The normalized spacial score (nSPS) is 12.7. The van der Waals surface area contributed by atoms with Crippen LogP contribution in [0, 0.1) is 0 Å². The zero-order chi connectivity index (χ0) is 17.9. The van der Waals surface area contributed by atoms with Crippen LogP contribution in [0.3, 0.4) is 0 Å². The zero-order valence-corrected chi connectivity index (χ0v) is 14.4. The van der Waals surface area contributed by atoms with Crippen LogP contribution in [0.4, 0.5) is 10.5 Å². The summed E-state index contributed by atoms with van der Waals surface area (Å²) in [6.45, 7) is -0.234. The average Bonchev–Trinajstić information content (AvgIpc) is 2.85. The van der Waals surface area contributed by atoms with E-state index in [-0.39, 0.29) is 41.4 Å². The fourth-order valence-electron chi connectivity index (χ4n) is 2.07. The summed E-state index contributed by atoms with van der Waals surface area (Å²) in [4.78, 5) is 11.9. The number of sulfonamides is 1. The number of hydrogen-bond donors (Lipinski definition) is 3. The molecule has 1 aliphatic rings. The van der Waals surface area contributed by atoms with Crippen LogP contribution in [0.5, 0.6) is 16.6 Å². The minimum atomic E-state index is -4.17. The maximum Gasteiger partial charge on any atom is 0.333 e. The number of benzene rings is 1. The van der Waals surface area contributed by atoms with Gasteiger partial charge in [-0.3, -0.25) is 0 Å². The molecule has 1 aliphatic heterocycles. The van der Waals surface area contributed by atoms with E-state index in [0.717, 1.165) is 11.3 Å². The van der Waals surface area contributed by atoms with Crippen molar-refractivity contribution in [2.75, 3.05) is 25.3 Å². The van der Waals surface area contributed by atoms with Crippen molar-refractivity contribution in [2.24, 2.45) is 0 Å². The molecule has 1 aromatic carbocycles. The minimum Gasteiger partial charge on any atom is -0.489 e. The molecule has 2 heterocycles. The number of hydrogen-bond acceptors (Lipinski definition) is 8. The van der Waals surface area contributed by atoms with Crippen LogP contribution in [0.15, 0.2) is 34.5 Å². The molecule has 0 unspecified atom stereocenters. The molecular formula is C14H14N2O7S2. The number of rotatable bonds is 6. The zero-order valence-electron chi connectivity index (χ0n) is 12.7. The molecule has 9 nitrogen and oxygen atoms in total. The first-order chi connectivity index (χ1) is 12.0. The van der Waals surface area contributed by atoms with Gasteiger partial charge in [-0.2, -0.15) is 0 Å². The van der Waals surface area contributed by atoms with Crippen LogP contribution in [-0.4, -0.2) is 39.6 Å². The third kappa shape index (κ3) is 3.78. The maximum absolute atomic E-state index is 12.4. The van der Waals surface area contributed by atoms with E-state index >= 15 is 0 Å². The number of nitrogens with one attached hydrogen (secondary N) is 2. The van der Waals surface area contributed by atoms with E-state index in [1.54, 1.807) is 18.2 Å². The summed E-state index contributed by atoms with van der Waals surface area (Å²) >= 11 is 1.07. The van der Waals surface area contributed by atoms with Crippen molar-refractivity contribution in [2.45, 2.75) is 4.90 Å². The number of aliphatic hydroxyl groups is 1. The predicted octanol–water partition coefficient (Wildman–Crippen LogP) is 1.36. The Kier molecular flexibility index (Phi) is 4.97. The molecule has 2 amide bonds. The van der Waals surface area contributed by atoms with Crippen molar-refractivity contribution < 1.29 is 32.5 Å². The van der Waals surface area contributed by atoms with Crippen molar-refractivity contribution in [3.8, 4) is 16.6 Å². The highest BCUT2D eigenvalue weighted by Crippen LogP contribution is 2.42. The van der Waals surface area contributed by atoms with Gasteiger partial charge in [-0.25, -0.2) is 17.9 Å². The van der Waals surface area contributed by atoms with E-state index in [2.05, 4.69) is 5.32 Å². The standard InChI is InChI=1S/C14H14N2O7S2/c17-5-6-21-10-4-2-1-3-9(10)15-14(18)16-25(19,20)12-11-7-24-13(12)23-8-22-11/h1-4,7,17H,5-6,8H2,(H2,15,16,18). The van der Waals surface area contributed by atoms with Crippen LogP contribution < -0.4 is 24.2 Å². The van der Waals surface area contributed by atoms with E-state index in [4.69, 9.17) is 19.3 Å². The number of aliphatic hydroxyl groups excluding tert-OH is 1. The molecule has 11 heteroatoms. The largest absolute Gasteiger partial charge is 0.489 e. The number of urea groups is 1. The summed E-state index contributed by atoms with van der Waals surface area (Å²) in [5.41, 5.74) is 0.258. The smallest absolute Gasteiger partial charge is 0.333 e. The molecule has 0 radical (unpaired) electrons. The summed E-state index contributed by atoms with van der Waals surface area (Å²) in [5, 5.41) is 12.9. The first-order valence-electron chi connectivity index (χ1n) is 7.05. The number of para-hydroxylation sites is 2. The minimum absolute atomic E-state index is 0.0366. The van der Waals surface area contributed by atoms with Crippen LogP contribution in [0.1, 0.15) is 0 Å². The lowest BCUT2D eigenvalue weighted by atomic mass is 10.3. The monoisotopic (exact) mass is 386 g/mol. The van der Waals surface area contributed by atoms with Crippen LogP contribution in [-0.2, 0) is 10.0 Å². The Hall–Kier alpha value is -2.50. The highest BCUT2D eigenvalue weighted by molar-refractivity contribution is 7.90. The summed E-state index contributed by atoms with van der Waals surface area (Å²) in [6.07, 6.45) is 0. The Labute approximate surface area is 147 Å². The lowest BCUT2D eigenvalue weighted by molar-refractivity contribution is 0.102. The summed E-state index contributed by atoms with van der Waals surface area (Å²) in [6, 6.07) is 5.47. The molecule has 2 aromatic rings. The number of carbonyl (C=O) groups excluding carboxylic acids is 1. The van der Waals surface area contributed by atoms with Gasteiger partial charge in [0.15, 0.2) is 10.6 Å². The quantitative estimate of drug-likeness (QED) is 0.685. The van der Waals surface area contributed by atoms with Crippen LogP contribution in [0.2, 0.25) is 0 Å². The van der Waals surface area contributed by atoms with E-state index in [0.29, 0.717) is 5.75 Å². The number of amides is 2. The lowest BCUT2D eigenvalue weighted by Gasteiger charge is -2.16. The lowest BCUT2D eigenvalue weighted by Crippen LogP contribution is -2.35. The van der Waals surface area contributed by atoms with Crippen molar-refractivity contribution in [3.63, 3.8) is 0 Å². The molecule has 25 heavy (non-hydrogen) atoms. The molecule has 0 aliphatic carbocycles. The Bertz CT molecular complexity index is 858. The predicted molar refractivity (Wildman–Crippen MR) is 88.8 cm³/mol. The molecular weight excluding hydrogens is 372 g/mol. The second-order valence-corrected chi connectivity index (χ2v) is 7.21. The Balaban J connectivity index is 1.74. The molecule has 134 valence electrons. The highest BCUT2D eigenvalue weighted by atomic mass is 32.2. The van der Waals surface area contributed by atoms with Gasteiger partial charge in [0.25, 0.3) is 10.0 Å². The number of thiophene rings is 1. The molecule has 3 rings (SSSR count). The molecule has 0 atom stereocenters. The fourth-order valence-corrected chi connectivity index (χ4v) is 4.40. The van der Waals surface area contributed by atoms with Crippen molar-refractivity contribution in [3.05, 3.63) is 29.6 Å². The molecule has 0 fully saturated rings. The van der Waals surface area contributed by atoms with Gasteiger partial charge in [0.2, 0.25) is 11.9 Å². The third-order valence-electron chi connectivity index (χ3n) is 3.07. The van der Waals surface area contributed by atoms with Gasteiger partial charge >= 0.3 is 6.03 Å². The number of anilines is 1. The summed E-state index contributed by atoms with van der Waals surface area (Å²) in [7, 11) is -4.17. The second-order valence-electron chi connectivity index (χ2n) is 4.75. The van der Waals surface area contributed by atoms with Gasteiger partial charge in [-0.05, 0) is 12.1 Å². The fraction of sp³-hybridized carbons (Fsp3) is 0.214. The summed E-state index contributed by atoms with van der Waals surface area (Å²) < 4.78 is 42.2. The van der Waals surface area contributed by atoms with Gasteiger partial charge in [-0.1, -0.05) is 12.1 Å². The number of carbonyl (C=O) groups is 1. The van der Waals surface area contributed by atoms with E-state index in [1.165, 1.54) is 11.4 Å². The van der Waals surface area contributed by atoms with E-state index < -0.39 is 16.1 Å². The average molecular weight is 386 g/mol. The van der Waals surface area contributed by atoms with Crippen molar-refractivity contribution in [1.29, 1.82) is 0 Å².